The number of ether oxygens (including phenoxy) is 1. The number of rotatable bonds is 4. The Morgan fingerprint density at radius 2 is 2.00 bits per heavy atom. The van der Waals surface area contributed by atoms with E-state index in [0.29, 0.717) is 35.3 Å². The zero-order valence-corrected chi connectivity index (χ0v) is 16.3. The molecular formula is C20H17Cl2FN2O3. The first-order valence-electron chi connectivity index (χ1n) is 8.91. The summed E-state index contributed by atoms with van der Waals surface area (Å²) in [6.07, 6.45) is 1.52. The van der Waals surface area contributed by atoms with Gasteiger partial charge in [0.05, 0.1) is 5.02 Å². The van der Waals surface area contributed by atoms with Gasteiger partial charge in [0.2, 0.25) is 0 Å². The summed E-state index contributed by atoms with van der Waals surface area (Å²) in [4.78, 5) is 18.7. The van der Waals surface area contributed by atoms with Crippen molar-refractivity contribution in [1.82, 2.24) is 9.88 Å². The van der Waals surface area contributed by atoms with Gasteiger partial charge in [-0.2, -0.15) is 0 Å². The smallest absolute Gasteiger partial charge is 0.260 e. The molecule has 0 unspecified atom stereocenters. The number of carbonyl (C=O) groups is 1. The maximum absolute atomic E-state index is 13.2. The average molecular weight is 423 g/mol. The normalized spacial score (nSPS) is 15.2. The van der Waals surface area contributed by atoms with Gasteiger partial charge in [0, 0.05) is 30.1 Å². The molecule has 1 aliphatic heterocycles. The van der Waals surface area contributed by atoms with E-state index in [1.807, 2.05) is 6.07 Å². The summed E-state index contributed by atoms with van der Waals surface area (Å²) in [5.74, 6) is 0.556. The molecule has 2 aromatic carbocycles. The summed E-state index contributed by atoms with van der Waals surface area (Å²) in [6.45, 7) is 1.07. The third-order valence-electron chi connectivity index (χ3n) is 4.82. The lowest BCUT2D eigenvalue weighted by Gasteiger charge is -2.30. The molecular weight excluding hydrogens is 406 g/mol. The number of benzene rings is 2. The fourth-order valence-corrected chi connectivity index (χ4v) is 3.61. The van der Waals surface area contributed by atoms with Crippen molar-refractivity contribution in [3.8, 4) is 5.75 Å². The lowest BCUT2D eigenvalue weighted by Crippen LogP contribution is -2.40. The van der Waals surface area contributed by atoms with Crippen molar-refractivity contribution in [2.24, 2.45) is 0 Å². The number of aromatic nitrogens is 1. The van der Waals surface area contributed by atoms with Crippen molar-refractivity contribution >= 4 is 40.2 Å². The highest BCUT2D eigenvalue weighted by molar-refractivity contribution is 6.31. The molecule has 4 rings (SSSR count). The number of hydrogen-bond donors (Lipinski definition) is 0. The van der Waals surface area contributed by atoms with Gasteiger partial charge >= 0.3 is 0 Å². The Morgan fingerprint density at radius 3 is 2.75 bits per heavy atom. The average Bonchev–Trinajstić information content (AvgIpc) is 3.12. The zero-order valence-electron chi connectivity index (χ0n) is 14.8. The van der Waals surface area contributed by atoms with Gasteiger partial charge in [-0.05, 0) is 43.2 Å². The second-order valence-corrected chi connectivity index (χ2v) is 7.53. The SMILES string of the molecule is O=C(COc1ccc(F)c(Cl)c1)N1CCC(c2nc3cc(Cl)ccc3o2)CC1. The predicted molar refractivity (Wildman–Crippen MR) is 104 cm³/mol. The largest absolute Gasteiger partial charge is 0.484 e. The molecule has 2 heterocycles. The number of fused-ring (bicyclic) bond motifs is 1. The number of amides is 1. The lowest BCUT2D eigenvalue weighted by molar-refractivity contribution is -0.134. The molecule has 1 aliphatic rings. The van der Waals surface area contributed by atoms with Crippen molar-refractivity contribution in [3.05, 3.63) is 58.2 Å². The van der Waals surface area contributed by atoms with E-state index in [1.54, 1.807) is 17.0 Å². The molecule has 1 saturated heterocycles. The monoisotopic (exact) mass is 422 g/mol. The third-order valence-corrected chi connectivity index (χ3v) is 5.34. The van der Waals surface area contributed by atoms with Crippen molar-refractivity contribution in [2.75, 3.05) is 19.7 Å². The van der Waals surface area contributed by atoms with Crippen LogP contribution in [0.2, 0.25) is 10.0 Å². The quantitative estimate of drug-likeness (QED) is 0.589. The number of piperidine rings is 1. The van der Waals surface area contributed by atoms with Gasteiger partial charge in [-0.15, -0.1) is 0 Å². The van der Waals surface area contributed by atoms with Gasteiger partial charge in [0.15, 0.2) is 18.1 Å². The summed E-state index contributed by atoms with van der Waals surface area (Å²) >= 11 is 11.7. The molecule has 0 atom stereocenters. The molecule has 0 spiro atoms. The van der Waals surface area contributed by atoms with E-state index in [-0.39, 0.29) is 23.5 Å². The van der Waals surface area contributed by atoms with E-state index in [9.17, 15) is 9.18 Å². The van der Waals surface area contributed by atoms with Gasteiger partial charge in [-0.3, -0.25) is 4.79 Å². The number of nitrogens with zero attached hydrogens (tertiary/aromatic N) is 2. The van der Waals surface area contributed by atoms with Crippen LogP contribution in [0.3, 0.4) is 0 Å². The van der Waals surface area contributed by atoms with E-state index in [1.165, 1.54) is 18.2 Å². The molecule has 1 amide bonds. The summed E-state index contributed by atoms with van der Waals surface area (Å²) in [7, 11) is 0. The Morgan fingerprint density at radius 1 is 1.21 bits per heavy atom. The van der Waals surface area contributed by atoms with Gasteiger partial charge < -0.3 is 14.1 Å². The summed E-state index contributed by atoms with van der Waals surface area (Å²) in [5, 5.41) is 0.584. The molecule has 0 aliphatic carbocycles. The van der Waals surface area contributed by atoms with Crippen LogP contribution in [-0.2, 0) is 4.79 Å². The molecule has 5 nitrogen and oxygen atoms in total. The zero-order chi connectivity index (χ0) is 19.7. The minimum atomic E-state index is -0.524. The van der Waals surface area contributed by atoms with Crippen LogP contribution in [0.15, 0.2) is 40.8 Å². The highest BCUT2D eigenvalue weighted by Crippen LogP contribution is 2.31. The van der Waals surface area contributed by atoms with Gasteiger partial charge in [-0.25, -0.2) is 9.37 Å². The van der Waals surface area contributed by atoms with Crippen LogP contribution < -0.4 is 4.74 Å². The van der Waals surface area contributed by atoms with Gasteiger partial charge in [0.1, 0.15) is 17.1 Å². The number of hydrogen-bond acceptors (Lipinski definition) is 4. The predicted octanol–water partition coefficient (Wildman–Crippen LogP) is 5.06. The highest BCUT2D eigenvalue weighted by atomic mass is 35.5. The minimum absolute atomic E-state index is 0.0367. The molecule has 0 N–H and O–H groups in total. The molecule has 0 saturated carbocycles. The van der Waals surface area contributed by atoms with Crippen LogP contribution in [-0.4, -0.2) is 35.5 Å². The maximum Gasteiger partial charge on any atom is 0.260 e. The van der Waals surface area contributed by atoms with E-state index in [0.717, 1.165) is 18.4 Å². The van der Waals surface area contributed by atoms with Crippen LogP contribution in [0, 0.1) is 5.82 Å². The van der Waals surface area contributed by atoms with Crippen molar-refractivity contribution in [2.45, 2.75) is 18.8 Å². The molecule has 8 heteroatoms. The van der Waals surface area contributed by atoms with Crippen LogP contribution in [0.25, 0.3) is 11.1 Å². The molecule has 0 bridgehead atoms. The van der Waals surface area contributed by atoms with Gasteiger partial charge in [-0.1, -0.05) is 23.2 Å². The first-order valence-corrected chi connectivity index (χ1v) is 9.67. The molecule has 1 fully saturated rings. The fourth-order valence-electron chi connectivity index (χ4n) is 3.27. The number of halogens is 3. The number of likely N-dealkylation sites (tertiary alicyclic amines) is 1. The van der Waals surface area contributed by atoms with E-state index < -0.39 is 5.82 Å². The Hall–Kier alpha value is -2.31. The first-order chi connectivity index (χ1) is 13.5. The fraction of sp³-hybridized carbons (Fsp3) is 0.300. The molecule has 28 heavy (non-hydrogen) atoms. The van der Waals surface area contributed by atoms with Crippen molar-refractivity contribution < 1.29 is 18.3 Å². The van der Waals surface area contributed by atoms with E-state index >= 15 is 0 Å². The van der Waals surface area contributed by atoms with Crippen LogP contribution in [0.1, 0.15) is 24.7 Å². The summed E-state index contributed by atoms with van der Waals surface area (Å²) < 4.78 is 24.4. The minimum Gasteiger partial charge on any atom is -0.484 e. The topological polar surface area (TPSA) is 55.6 Å². The van der Waals surface area contributed by atoms with Gasteiger partial charge in [0.25, 0.3) is 5.91 Å². The highest BCUT2D eigenvalue weighted by Gasteiger charge is 2.27. The van der Waals surface area contributed by atoms with Crippen LogP contribution in [0.5, 0.6) is 5.75 Å². The van der Waals surface area contributed by atoms with Crippen LogP contribution >= 0.6 is 23.2 Å². The molecule has 0 radical (unpaired) electrons. The Balaban J connectivity index is 1.32. The summed E-state index contributed by atoms with van der Waals surface area (Å²) in [6, 6.07) is 9.37. The molecule has 146 valence electrons. The second kappa shape index (κ2) is 7.97. The number of oxazole rings is 1. The molecule has 3 aromatic rings. The Bertz CT molecular complexity index is 1020. The van der Waals surface area contributed by atoms with Crippen molar-refractivity contribution in [1.29, 1.82) is 0 Å². The Kier molecular flexibility index (Phi) is 5.42. The first kappa shape index (κ1) is 19.0. The summed E-state index contributed by atoms with van der Waals surface area (Å²) in [5.41, 5.74) is 1.46. The molecule has 1 aromatic heterocycles. The number of carbonyl (C=O) groups excluding carboxylic acids is 1. The van der Waals surface area contributed by atoms with E-state index in [2.05, 4.69) is 4.98 Å². The Labute approximate surface area is 171 Å². The second-order valence-electron chi connectivity index (χ2n) is 6.68. The van der Waals surface area contributed by atoms with Crippen LogP contribution in [0.4, 0.5) is 4.39 Å². The van der Waals surface area contributed by atoms with Crippen molar-refractivity contribution in [3.63, 3.8) is 0 Å². The standard InChI is InChI=1S/C20H17Cl2FN2O3/c21-13-1-4-18-17(9-13)24-20(28-18)12-5-7-25(8-6-12)19(26)11-27-14-2-3-16(23)15(22)10-14/h1-4,9-10,12H,5-8,11H2. The van der Waals surface area contributed by atoms with E-state index in [4.69, 9.17) is 32.4 Å². The third kappa shape index (κ3) is 4.08. The lowest BCUT2D eigenvalue weighted by atomic mass is 9.97. The maximum atomic E-state index is 13.2.